The molecule has 0 bridgehead atoms. The Morgan fingerprint density at radius 2 is 1.82 bits per heavy atom. The van der Waals surface area contributed by atoms with E-state index in [-0.39, 0.29) is 15.8 Å². The Hall–Kier alpha value is -2.05. The fourth-order valence-electron chi connectivity index (χ4n) is 1.80. The highest BCUT2D eigenvalue weighted by Gasteiger charge is 2.09. The largest absolute Gasteiger partial charge is 0.493 e. The highest BCUT2D eigenvalue weighted by Crippen LogP contribution is 2.30. The van der Waals surface area contributed by atoms with Gasteiger partial charge in [0, 0.05) is 11.8 Å². The molecule has 0 fully saturated rings. The first-order valence-electron chi connectivity index (χ1n) is 6.29. The maximum Gasteiger partial charge on any atom is 0.175 e. The van der Waals surface area contributed by atoms with Crippen LogP contribution in [0.3, 0.4) is 0 Å². The van der Waals surface area contributed by atoms with Crippen molar-refractivity contribution in [3.63, 3.8) is 0 Å². The van der Waals surface area contributed by atoms with Gasteiger partial charge in [0.2, 0.25) is 0 Å². The minimum atomic E-state index is -0.555. The maximum atomic E-state index is 13.8. The van der Waals surface area contributed by atoms with Gasteiger partial charge in [-0.25, -0.2) is 4.39 Å². The summed E-state index contributed by atoms with van der Waals surface area (Å²) in [5.41, 5.74) is 0.878. The van der Waals surface area contributed by atoms with Crippen LogP contribution in [0.5, 0.6) is 11.5 Å². The summed E-state index contributed by atoms with van der Waals surface area (Å²) >= 11 is 10.9. The van der Waals surface area contributed by atoms with Crippen molar-refractivity contribution in [2.24, 2.45) is 0 Å². The van der Waals surface area contributed by atoms with E-state index in [1.807, 2.05) is 0 Å². The van der Waals surface area contributed by atoms with Crippen molar-refractivity contribution in [2.45, 2.75) is 0 Å². The van der Waals surface area contributed by atoms with E-state index in [1.54, 1.807) is 44.6 Å². The molecule has 2 aromatic carbocycles. The topological polar surface area (TPSA) is 42.5 Å². The number of hydrogen-bond acceptors (Lipinski definition) is 3. The van der Waals surface area contributed by atoms with Crippen molar-refractivity contribution in [2.75, 3.05) is 24.9 Å². The second-order valence-electron chi connectivity index (χ2n) is 4.25. The Bertz CT molecular complexity index is 697. The molecule has 2 N–H and O–H groups in total. The van der Waals surface area contributed by atoms with E-state index in [9.17, 15) is 4.39 Å². The summed E-state index contributed by atoms with van der Waals surface area (Å²) in [5.74, 6) is 0.609. The highest BCUT2D eigenvalue weighted by atomic mass is 35.5. The summed E-state index contributed by atoms with van der Waals surface area (Å²) in [6, 6.07) is 9.87. The molecular formula is C15H14ClFN2O2S. The Balaban J connectivity index is 2.10. The lowest BCUT2D eigenvalue weighted by Gasteiger charge is -2.13. The molecule has 0 aliphatic carbocycles. The molecule has 0 spiro atoms. The second kappa shape index (κ2) is 7.29. The monoisotopic (exact) mass is 340 g/mol. The number of ether oxygens (including phenoxy) is 2. The highest BCUT2D eigenvalue weighted by molar-refractivity contribution is 7.80. The zero-order valence-corrected chi connectivity index (χ0v) is 13.5. The van der Waals surface area contributed by atoms with Gasteiger partial charge in [-0.15, -0.1) is 0 Å². The summed E-state index contributed by atoms with van der Waals surface area (Å²) in [4.78, 5) is 0. The number of rotatable bonds is 4. The third-order valence-electron chi connectivity index (χ3n) is 2.84. The molecule has 0 unspecified atom stereocenters. The smallest absolute Gasteiger partial charge is 0.175 e. The molecule has 0 saturated heterocycles. The summed E-state index contributed by atoms with van der Waals surface area (Å²) in [6.07, 6.45) is 0. The lowest BCUT2D eigenvalue weighted by molar-refractivity contribution is 0.355. The first-order valence-corrected chi connectivity index (χ1v) is 7.08. The second-order valence-corrected chi connectivity index (χ2v) is 5.07. The Morgan fingerprint density at radius 1 is 1.09 bits per heavy atom. The van der Waals surface area contributed by atoms with E-state index in [4.69, 9.17) is 33.3 Å². The minimum absolute atomic E-state index is 0.0268. The van der Waals surface area contributed by atoms with Gasteiger partial charge in [0.15, 0.2) is 22.4 Å². The Labute approximate surface area is 138 Å². The fraction of sp³-hybridized carbons (Fsp3) is 0.133. The molecule has 0 amide bonds. The summed E-state index contributed by atoms with van der Waals surface area (Å²) in [5, 5.41) is 5.95. The molecule has 116 valence electrons. The van der Waals surface area contributed by atoms with Crippen LogP contribution in [-0.2, 0) is 0 Å². The predicted octanol–water partition coefficient (Wildman–Crippen LogP) is 4.31. The van der Waals surface area contributed by atoms with E-state index in [0.29, 0.717) is 17.2 Å². The number of anilines is 2. The van der Waals surface area contributed by atoms with Gasteiger partial charge in [-0.1, -0.05) is 17.7 Å². The van der Waals surface area contributed by atoms with Crippen LogP contribution >= 0.6 is 23.8 Å². The molecule has 2 aromatic rings. The first kappa shape index (κ1) is 16.3. The zero-order valence-electron chi connectivity index (χ0n) is 11.9. The van der Waals surface area contributed by atoms with Crippen LogP contribution in [0.15, 0.2) is 36.4 Å². The van der Waals surface area contributed by atoms with Crippen LogP contribution in [0.25, 0.3) is 0 Å². The normalized spacial score (nSPS) is 10.0. The molecule has 0 aromatic heterocycles. The predicted molar refractivity (Wildman–Crippen MR) is 90.8 cm³/mol. The number of methoxy groups -OCH3 is 2. The summed E-state index contributed by atoms with van der Waals surface area (Å²) in [6.45, 7) is 0. The number of thiocarbonyl (C=S) groups is 1. The Morgan fingerprint density at radius 3 is 2.50 bits per heavy atom. The number of benzene rings is 2. The molecular weight excluding hydrogens is 327 g/mol. The van der Waals surface area contributed by atoms with E-state index < -0.39 is 5.82 Å². The van der Waals surface area contributed by atoms with Gasteiger partial charge in [-0.05, 0) is 36.5 Å². The third-order valence-corrected chi connectivity index (χ3v) is 3.34. The van der Waals surface area contributed by atoms with Gasteiger partial charge >= 0.3 is 0 Å². The van der Waals surface area contributed by atoms with Crippen molar-refractivity contribution in [3.05, 3.63) is 47.2 Å². The van der Waals surface area contributed by atoms with Crippen LogP contribution in [0.1, 0.15) is 0 Å². The van der Waals surface area contributed by atoms with E-state index in [1.165, 1.54) is 6.07 Å². The third kappa shape index (κ3) is 3.78. The lowest BCUT2D eigenvalue weighted by atomic mass is 10.2. The molecule has 22 heavy (non-hydrogen) atoms. The molecule has 0 atom stereocenters. The Kier molecular flexibility index (Phi) is 5.41. The standard InChI is InChI=1S/C15H14ClFN2O2S/c1-20-12-7-6-9(8-13(12)21-2)18-15(22)19-11-5-3-4-10(16)14(11)17/h3-8H,1-2H3,(H2,18,19,22). The summed E-state index contributed by atoms with van der Waals surface area (Å²) < 4.78 is 24.2. The lowest BCUT2D eigenvalue weighted by Crippen LogP contribution is -2.19. The van der Waals surface area contributed by atoms with Crippen molar-refractivity contribution in [1.82, 2.24) is 0 Å². The first-order chi connectivity index (χ1) is 10.5. The molecule has 4 nitrogen and oxygen atoms in total. The molecule has 0 saturated carbocycles. The van der Waals surface area contributed by atoms with E-state index >= 15 is 0 Å². The van der Waals surface area contributed by atoms with Crippen molar-refractivity contribution >= 4 is 40.3 Å². The average molecular weight is 341 g/mol. The maximum absolute atomic E-state index is 13.8. The van der Waals surface area contributed by atoms with Gasteiger partial charge in [0.05, 0.1) is 24.9 Å². The molecule has 0 radical (unpaired) electrons. The van der Waals surface area contributed by atoms with Crippen LogP contribution in [0.2, 0.25) is 5.02 Å². The molecule has 7 heteroatoms. The van der Waals surface area contributed by atoms with Crippen molar-refractivity contribution in [1.29, 1.82) is 0 Å². The van der Waals surface area contributed by atoms with Crippen LogP contribution in [0.4, 0.5) is 15.8 Å². The number of halogens is 2. The van der Waals surface area contributed by atoms with E-state index in [2.05, 4.69) is 10.6 Å². The van der Waals surface area contributed by atoms with Gasteiger partial charge in [-0.3, -0.25) is 0 Å². The van der Waals surface area contributed by atoms with E-state index in [0.717, 1.165) is 0 Å². The molecule has 0 aliphatic heterocycles. The van der Waals surface area contributed by atoms with Gasteiger partial charge in [-0.2, -0.15) is 0 Å². The SMILES string of the molecule is COc1ccc(NC(=S)Nc2cccc(Cl)c2F)cc1OC. The van der Waals surface area contributed by atoms with Gasteiger partial charge < -0.3 is 20.1 Å². The van der Waals surface area contributed by atoms with Gasteiger partial charge in [0.25, 0.3) is 0 Å². The fourth-order valence-corrected chi connectivity index (χ4v) is 2.20. The minimum Gasteiger partial charge on any atom is -0.493 e. The quantitative estimate of drug-likeness (QED) is 0.812. The zero-order chi connectivity index (χ0) is 16.1. The van der Waals surface area contributed by atoms with Crippen molar-refractivity contribution < 1.29 is 13.9 Å². The molecule has 0 heterocycles. The van der Waals surface area contributed by atoms with Crippen molar-refractivity contribution in [3.8, 4) is 11.5 Å². The van der Waals surface area contributed by atoms with Crippen LogP contribution in [-0.4, -0.2) is 19.3 Å². The van der Waals surface area contributed by atoms with Crippen LogP contribution < -0.4 is 20.1 Å². The van der Waals surface area contributed by atoms with Gasteiger partial charge in [0.1, 0.15) is 0 Å². The molecule has 0 aliphatic rings. The number of nitrogens with one attached hydrogen (secondary N) is 2. The number of hydrogen-bond donors (Lipinski definition) is 2. The average Bonchev–Trinajstić information content (AvgIpc) is 2.51. The van der Waals surface area contributed by atoms with Crippen LogP contribution in [0, 0.1) is 5.82 Å². The molecule has 2 rings (SSSR count). The summed E-state index contributed by atoms with van der Waals surface area (Å²) in [7, 11) is 3.10.